The highest BCUT2D eigenvalue weighted by Gasteiger charge is 2.20. The first-order chi connectivity index (χ1) is 13.8. The molecule has 9 heteroatoms. The molecule has 7 nitrogen and oxygen atoms in total. The van der Waals surface area contributed by atoms with E-state index in [4.69, 9.17) is 4.74 Å². The van der Waals surface area contributed by atoms with E-state index in [0.29, 0.717) is 12.5 Å². The van der Waals surface area contributed by atoms with Gasteiger partial charge in [-0.3, -0.25) is 4.99 Å². The van der Waals surface area contributed by atoms with Gasteiger partial charge in [-0.1, -0.05) is 30.3 Å². The number of amides is 1. The van der Waals surface area contributed by atoms with Crippen LogP contribution in [0.5, 0.6) is 0 Å². The van der Waals surface area contributed by atoms with E-state index in [-0.39, 0.29) is 30.0 Å². The Morgan fingerprint density at radius 1 is 1.23 bits per heavy atom. The third-order valence-corrected chi connectivity index (χ3v) is 4.86. The maximum absolute atomic E-state index is 12.3. The number of hydrogen-bond acceptors (Lipinski definition) is 5. The highest BCUT2D eigenvalue weighted by Crippen LogP contribution is 2.14. The first-order valence-electron chi connectivity index (χ1n) is 9.67. The van der Waals surface area contributed by atoms with E-state index in [9.17, 15) is 4.79 Å². The summed E-state index contributed by atoms with van der Waals surface area (Å²) in [6.07, 6.45) is 2.27. The van der Waals surface area contributed by atoms with E-state index in [0.717, 1.165) is 23.5 Å². The van der Waals surface area contributed by atoms with E-state index in [1.54, 1.807) is 18.4 Å². The molecule has 30 heavy (non-hydrogen) atoms. The van der Waals surface area contributed by atoms with E-state index >= 15 is 0 Å². The molecule has 0 radical (unpaired) electrons. The Hall–Kier alpha value is -1.88. The molecule has 0 aliphatic carbocycles. The summed E-state index contributed by atoms with van der Waals surface area (Å²) in [7, 11) is 1.72. The van der Waals surface area contributed by atoms with Crippen LogP contribution in [0.15, 0.2) is 41.5 Å². The predicted octanol–water partition coefficient (Wildman–Crippen LogP) is 4.04. The minimum Gasteiger partial charge on any atom is -0.444 e. The summed E-state index contributed by atoms with van der Waals surface area (Å²) in [4.78, 5) is 22.1. The van der Waals surface area contributed by atoms with Crippen LogP contribution in [0, 0.1) is 6.92 Å². The SMILES string of the molecule is CN=C(NCCc1ncc(C)s1)NCC(NC(=O)OC(C)(C)C)c1ccccc1.I. The van der Waals surface area contributed by atoms with Gasteiger partial charge < -0.3 is 20.7 Å². The maximum atomic E-state index is 12.3. The Labute approximate surface area is 200 Å². The van der Waals surface area contributed by atoms with E-state index < -0.39 is 11.7 Å². The molecular weight excluding hydrogens is 513 g/mol. The minimum atomic E-state index is -0.551. The molecule has 1 atom stereocenters. The molecule has 0 saturated heterocycles. The first kappa shape index (κ1) is 26.2. The Balaban J connectivity index is 0.00000450. The van der Waals surface area contributed by atoms with E-state index in [1.165, 1.54) is 4.88 Å². The molecule has 1 amide bonds. The number of rotatable bonds is 7. The van der Waals surface area contributed by atoms with Crippen LogP contribution in [-0.4, -0.2) is 42.8 Å². The van der Waals surface area contributed by atoms with Gasteiger partial charge in [0, 0.05) is 37.6 Å². The lowest BCUT2D eigenvalue weighted by Gasteiger charge is -2.24. The minimum absolute atomic E-state index is 0. The van der Waals surface area contributed by atoms with Crippen LogP contribution in [0.3, 0.4) is 0 Å². The lowest BCUT2D eigenvalue weighted by atomic mass is 10.1. The van der Waals surface area contributed by atoms with Crippen molar-refractivity contribution in [2.75, 3.05) is 20.1 Å². The van der Waals surface area contributed by atoms with Crippen LogP contribution in [0.4, 0.5) is 4.79 Å². The van der Waals surface area contributed by atoms with Crippen molar-refractivity contribution in [1.82, 2.24) is 20.9 Å². The maximum Gasteiger partial charge on any atom is 0.408 e. The fourth-order valence-electron chi connectivity index (χ4n) is 2.61. The number of aromatic nitrogens is 1. The van der Waals surface area contributed by atoms with Gasteiger partial charge in [0.05, 0.1) is 11.0 Å². The molecule has 0 aliphatic rings. The third-order valence-electron chi connectivity index (χ3n) is 3.89. The van der Waals surface area contributed by atoms with E-state index in [2.05, 4.69) is 32.9 Å². The second-order valence-electron chi connectivity index (χ2n) is 7.60. The molecule has 1 aromatic heterocycles. The molecule has 0 spiro atoms. The number of alkyl carbamates (subject to hydrolysis) is 1. The number of guanidine groups is 1. The Morgan fingerprint density at radius 2 is 1.93 bits per heavy atom. The largest absolute Gasteiger partial charge is 0.444 e. The highest BCUT2D eigenvalue weighted by atomic mass is 127. The Bertz CT molecular complexity index is 805. The number of nitrogens with zero attached hydrogens (tertiary/aromatic N) is 2. The average molecular weight is 545 g/mol. The van der Waals surface area contributed by atoms with Crippen LogP contribution in [-0.2, 0) is 11.2 Å². The summed E-state index contributed by atoms with van der Waals surface area (Å²) in [5.41, 5.74) is 0.435. The number of carbonyl (C=O) groups is 1. The number of aliphatic imine (C=N–C) groups is 1. The highest BCUT2D eigenvalue weighted by molar-refractivity contribution is 14.0. The number of hydrogen-bond donors (Lipinski definition) is 3. The Kier molecular flexibility index (Phi) is 11.1. The lowest BCUT2D eigenvalue weighted by Crippen LogP contribution is -2.44. The summed E-state index contributed by atoms with van der Waals surface area (Å²) in [5, 5.41) is 10.6. The average Bonchev–Trinajstić information content (AvgIpc) is 3.07. The molecule has 3 N–H and O–H groups in total. The fraction of sp³-hybridized carbons (Fsp3) is 0.476. The van der Waals surface area contributed by atoms with Crippen LogP contribution in [0.1, 0.15) is 42.3 Å². The van der Waals surface area contributed by atoms with Gasteiger partial charge in [0.25, 0.3) is 0 Å². The molecule has 1 aromatic carbocycles. The number of ether oxygens (including phenoxy) is 1. The first-order valence-corrected chi connectivity index (χ1v) is 10.5. The van der Waals surface area contributed by atoms with Gasteiger partial charge in [0.15, 0.2) is 5.96 Å². The molecule has 2 aromatic rings. The van der Waals surface area contributed by atoms with Crippen LogP contribution in [0.2, 0.25) is 0 Å². The number of aryl methyl sites for hydroxylation is 1. The number of carbonyl (C=O) groups excluding carboxylic acids is 1. The second-order valence-corrected chi connectivity index (χ2v) is 8.92. The van der Waals surface area contributed by atoms with Crippen molar-refractivity contribution in [1.29, 1.82) is 0 Å². The van der Waals surface area contributed by atoms with Gasteiger partial charge in [-0.15, -0.1) is 35.3 Å². The van der Waals surface area contributed by atoms with Crippen molar-refractivity contribution >= 4 is 47.4 Å². The quantitative estimate of drug-likeness (QED) is 0.278. The monoisotopic (exact) mass is 545 g/mol. The molecule has 1 heterocycles. The molecule has 0 saturated carbocycles. The molecule has 0 bridgehead atoms. The molecular formula is C21H32IN5O2S. The number of thiazole rings is 1. The topological polar surface area (TPSA) is 87.6 Å². The van der Waals surface area contributed by atoms with E-state index in [1.807, 2.05) is 57.3 Å². The van der Waals surface area contributed by atoms with Gasteiger partial charge in [-0.25, -0.2) is 9.78 Å². The summed E-state index contributed by atoms with van der Waals surface area (Å²) in [6, 6.07) is 9.54. The number of benzene rings is 1. The van der Waals surface area contributed by atoms with Crippen molar-refractivity contribution < 1.29 is 9.53 Å². The molecule has 2 rings (SSSR count). The zero-order valence-electron chi connectivity index (χ0n) is 18.2. The van der Waals surface area contributed by atoms with Crippen LogP contribution in [0.25, 0.3) is 0 Å². The van der Waals surface area contributed by atoms with Gasteiger partial charge in [-0.2, -0.15) is 0 Å². The molecule has 1 unspecified atom stereocenters. The van der Waals surface area contributed by atoms with Gasteiger partial charge >= 0.3 is 6.09 Å². The van der Waals surface area contributed by atoms with Crippen molar-refractivity contribution in [3.63, 3.8) is 0 Å². The second kappa shape index (κ2) is 12.7. The van der Waals surface area contributed by atoms with Gasteiger partial charge in [0.2, 0.25) is 0 Å². The van der Waals surface area contributed by atoms with Gasteiger partial charge in [-0.05, 0) is 33.3 Å². The van der Waals surface area contributed by atoms with Crippen molar-refractivity contribution in [2.24, 2.45) is 4.99 Å². The van der Waals surface area contributed by atoms with Crippen molar-refractivity contribution in [3.05, 3.63) is 52.0 Å². The molecule has 0 aliphatic heterocycles. The summed E-state index contributed by atoms with van der Waals surface area (Å²) in [5.74, 6) is 0.671. The van der Waals surface area contributed by atoms with Gasteiger partial charge in [0.1, 0.15) is 5.60 Å². The Morgan fingerprint density at radius 3 is 2.50 bits per heavy atom. The summed E-state index contributed by atoms with van der Waals surface area (Å²) < 4.78 is 5.41. The van der Waals surface area contributed by atoms with Crippen molar-refractivity contribution in [3.8, 4) is 0 Å². The third kappa shape index (κ3) is 9.75. The normalized spacial score (nSPS) is 12.5. The molecule has 166 valence electrons. The molecule has 0 fully saturated rings. The summed E-state index contributed by atoms with van der Waals surface area (Å²) >= 11 is 1.70. The zero-order chi connectivity index (χ0) is 21.3. The standard InChI is InChI=1S/C21H31N5O2S.HI/c1-15-13-24-18(29-15)11-12-23-19(22-5)25-14-17(16-9-7-6-8-10-16)26-20(27)28-21(2,3)4;/h6-10,13,17H,11-12,14H2,1-5H3,(H,26,27)(H2,22,23,25);1H. The summed E-state index contributed by atoms with van der Waals surface area (Å²) in [6.45, 7) is 8.78. The lowest BCUT2D eigenvalue weighted by molar-refractivity contribution is 0.0504. The smallest absolute Gasteiger partial charge is 0.408 e. The van der Waals surface area contributed by atoms with Crippen LogP contribution < -0.4 is 16.0 Å². The number of halogens is 1. The predicted molar refractivity (Wildman–Crippen MR) is 134 cm³/mol. The zero-order valence-corrected chi connectivity index (χ0v) is 21.3. The van der Waals surface area contributed by atoms with Crippen molar-refractivity contribution in [2.45, 2.75) is 45.8 Å². The van der Waals surface area contributed by atoms with Crippen LogP contribution >= 0.6 is 35.3 Å². The fourth-order valence-corrected chi connectivity index (χ4v) is 3.40. The number of nitrogens with one attached hydrogen (secondary N) is 3.